The fourth-order valence-corrected chi connectivity index (χ4v) is 2.34. The van der Waals surface area contributed by atoms with Crippen LogP contribution in [-0.2, 0) is 6.61 Å². The summed E-state index contributed by atoms with van der Waals surface area (Å²) in [5.74, 6) is -0.225. The van der Waals surface area contributed by atoms with Gasteiger partial charge < -0.3 is 24.4 Å². The van der Waals surface area contributed by atoms with E-state index in [-0.39, 0.29) is 17.9 Å². The van der Waals surface area contributed by atoms with Crippen LogP contribution in [0.3, 0.4) is 0 Å². The summed E-state index contributed by atoms with van der Waals surface area (Å²) in [6.07, 6.45) is 0. The molecule has 132 valence electrons. The van der Waals surface area contributed by atoms with Crippen LogP contribution >= 0.6 is 0 Å². The number of amides is 1. The Morgan fingerprint density at radius 1 is 1.08 bits per heavy atom. The van der Waals surface area contributed by atoms with Crippen LogP contribution in [0, 0.1) is 6.92 Å². The van der Waals surface area contributed by atoms with E-state index in [1.54, 1.807) is 13.0 Å². The molecule has 26 heavy (non-hydrogen) atoms. The molecule has 0 radical (unpaired) electrons. The molecule has 1 amide bonds. The zero-order valence-corrected chi connectivity index (χ0v) is 14.0. The van der Waals surface area contributed by atoms with E-state index in [2.05, 4.69) is 5.32 Å². The Labute approximate surface area is 150 Å². The summed E-state index contributed by atoms with van der Waals surface area (Å²) in [5, 5.41) is 13.4. The molecule has 6 heteroatoms. The molecule has 0 saturated heterocycles. The number of aromatic carboxylic acids is 1. The van der Waals surface area contributed by atoms with Crippen LogP contribution in [0.4, 0.5) is 5.69 Å². The average molecular weight is 350 g/mol. The second kappa shape index (κ2) is 7.57. The van der Waals surface area contributed by atoms with Gasteiger partial charge in [-0.05, 0) is 42.8 Å². The van der Waals surface area contributed by atoms with Crippen LogP contribution < -0.4 is 15.2 Å². The SMILES string of the molecule is Cc1oc(C(=O)Nc2ccc(C(=O)[O-])cc2)cc1COc1ccccc1. The Balaban J connectivity index is 1.65. The predicted octanol–water partition coefficient (Wildman–Crippen LogP) is 2.78. The number of ether oxygens (including phenoxy) is 1. The third-order valence-corrected chi connectivity index (χ3v) is 3.76. The van der Waals surface area contributed by atoms with Gasteiger partial charge in [-0.15, -0.1) is 0 Å². The third-order valence-electron chi connectivity index (χ3n) is 3.76. The number of hydrogen-bond donors (Lipinski definition) is 1. The molecule has 0 aliphatic carbocycles. The molecule has 0 aliphatic rings. The molecule has 0 aliphatic heterocycles. The van der Waals surface area contributed by atoms with Gasteiger partial charge in [-0.25, -0.2) is 0 Å². The van der Waals surface area contributed by atoms with E-state index in [4.69, 9.17) is 9.15 Å². The molecule has 0 fully saturated rings. The molecule has 3 aromatic rings. The molecule has 0 bridgehead atoms. The topological polar surface area (TPSA) is 91.6 Å². The van der Waals surface area contributed by atoms with Crippen LogP contribution in [0.5, 0.6) is 5.75 Å². The summed E-state index contributed by atoms with van der Waals surface area (Å²) in [6, 6.07) is 16.7. The van der Waals surface area contributed by atoms with Crippen molar-refractivity contribution in [3.63, 3.8) is 0 Å². The Kier molecular flexibility index (Phi) is 5.03. The zero-order chi connectivity index (χ0) is 18.5. The molecule has 1 aromatic heterocycles. The molecule has 1 N–H and O–H groups in total. The monoisotopic (exact) mass is 350 g/mol. The van der Waals surface area contributed by atoms with Crippen LogP contribution in [0.1, 0.15) is 32.2 Å². The van der Waals surface area contributed by atoms with Crippen LogP contribution in [0.2, 0.25) is 0 Å². The molecule has 0 saturated carbocycles. The van der Waals surface area contributed by atoms with Gasteiger partial charge in [0.15, 0.2) is 5.76 Å². The minimum Gasteiger partial charge on any atom is -0.545 e. The standard InChI is InChI=1S/C20H17NO5/c1-13-15(12-25-17-5-3-2-4-6-17)11-18(26-13)19(22)21-16-9-7-14(8-10-16)20(23)24/h2-11H,12H2,1H3,(H,21,22)(H,23,24)/p-1. The van der Waals surface area contributed by atoms with Gasteiger partial charge in [-0.3, -0.25) is 4.79 Å². The number of anilines is 1. The summed E-state index contributed by atoms with van der Waals surface area (Å²) in [4.78, 5) is 23.0. The van der Waals surface area contributed by atoms with E-state index >= 15 is 0 Å². The predicted molar refractivity (Wildman–Crippen MR) is 92.9 cm³/mol. The largest absolute Gasteiger partial charge is 0.545 e. The van der Waals surface area contributed by atoms with Gasteiger partial charge >= 0.3 is 0 Å². The second-order valence-corrected chi connectivity index (χ2v) is 5.61. The van der Waals surface area contributed by atoms with Crippen molar-refractivity contribution >= 4 is 17.6 Å². The Hall–Kier alpha value is -3.54. The van der Waals surface area contributed by atoms with Crippen molar-refractivity contribution in [2.45, 2.75) is 13.5 Å². The number of carbonyl (C=O) groups is 2. The van der Waals surface area contributed by atoms with Crippen molar-refractivity contribution in [3.05, 3.63) is 83.3 Å². The van der Waals surface area contributed by atoms with E-state index in [0.29, 0.717) is 11.4 Å². The summed E-state index contributed by atoms with van der Waals surface area (Å²) < 4.78 is 11.2. The first kappa shape index (κ1) is 17.3. The summed E-state index contributed by atoms with van der Waals surface area (Å²) in [5.41, 5.74) is 1.26. The first-order valence-electron chi connectivity index (χ1n) is 7.93. The molecule has 0 atom stereocenters. The van der Waals surface area contributed by atoms with E-state index < -0.39 is 11.9 Å². The average Bonchev–Trinajstić information content (AvgIpc) is 3.02. The van der Waals surface area contributed by atoms with E-state index in [1.807, 2.05) is 30.3 Å². The first-order valence-corrected chi connectivity index (χ1v) is 7.93. The first-order chi connectivity index (χ1) is 12.5. The molecule has 6 nitrogen and oxygen atoms in total. The van der Waals surface area contributed by atoms with Crippen LogP contribution in [0.25, 0.3) is 0 Å². The summed E-state index contributed by atoms with van der Waals surface area (Å²) in [7, 11) is 0. The number of benzene rings is 2. The maximum absolute atomic E-state index is 12.3. The molecule has 0 unspecified atom stereocenters. The number of rotatable bonds is 6. The van der Waals surface area contributed by atoms with Gasteiger partial charge in [0, 0.05) is 11.3 Å². The van der Waals surface area contributed by atoms with Gasteiger partial charge in [0.2, 0.25) is 0 Å². The van der Waals surface area contributed by atoms with Gasteiger partial charge in [-0.1, -0.05) is 30.3 Å². The zero-order valence-electron chi connectivity index (χ0n) is 14.0. The number of para-hydroxylation sites is 1. The Morgan fingerprint density at radius 2 is 1.77 bits per heavy atom. The number of carboxylic acids is 1. The number of furan rings is 1. The molecule has 0 spiro atoms. The highest BCUT2D eigenvalue weighted by atomic mass is 16.5. The fourth-order valence-electron chi connectivity index (χ4n) is 2.34. The number of aryl methyl sites for hydroxylation is 1. The van der Waals surface area contributed by atoms with E-state index in [0.717, 1.165) is 11.3 Å². The Bertz CT molecular complexity index is 913. The van der Waals surface area contributed by atoms with Gasteiger partial charge in [0.1, 0.15) is 18.1 Å². The molecule has 3 rings (SSSR count). The smallest absolute Gasteiger partial charge is 0.291 e. The molecular weight excluding hydrogens is 334 g/mol. The third kappa shape index (κ3) is 4.10. The highest BCUT2D eigenvalue weighted by molar-refractivity contribution is 6.02. The number of nitrogens with one attached hydrogen (secondary N) is 1. The lowest BCUT2D eigenvalue weighted by Gasteiger charge is -2.05. The summed E-state index contributed by atoms with van der Waals surface area (Å²) in [6.45, 7) is 2.04. The lowest BCUT2D eigenvalue weighted by Crippen LogP contribution is -2.22. The minimum atomic E-state index is -1.27. The van der Waals surface area contributed by atoms with Crippen molar-refractivity contribution in [2.24, 2.45) is 0 Å². The highest BCUT2D eigenvalue weighted by Crippen LogP contribution is 2.19. The van der Waals surface area contributed by atoms with Gasteiger partial charge in [-0.2, -0.15) is 0 Å². The fraction of sp³-hybridized carbons (Fsp3) is 0.100. The lowest BCUT2D eigenvalue weighted by atomic mass is 10.2. The van der Waals surface area contributed by atoms with Crippen LogP contribution in [-0.4, -0.2) is 11.9 Å². The normalized spacial score (nSPS) is 10.3. The highest BCUT2D eigenvalue weighted by Gasteiger charge is 2.15. The maximum atomic E-state index is 12.3. The van der Waals surface area contributed by atoms with Crippen molar-refractivity contribution in [1.82, 2.24) is 0 Å². The van der Waals surface area contributed by atoms with Crippen LogP contribution in [0.15, 0.2) is 65.1 Å². The van der Waals surface area contributed by atoms with Crippen molar-refractivity contribution < 1.29 is 23.8 Å². The quantitative estimate of drug-likeness (QED) is 0.738. The van der Waals surface area contributed by atoms with Gasteiger partial charge in [0.05, 0.1) is 5.97 Å². The van der Waals surface area contributed by atoms with E-state index in [1.165, 1.54) is 24.3 Å². The maximum Gasteiger partial charge on any atom is 0.291 e. The number of hydrogen-bond acceptors (Lipinski definition) is 5. The number of carbonyl (C=O) groups excluding carboxylic acids is 2. The molecular formula is C20H16NO5-. The van der Waals surface area contributed by atoms with E-state index in [9.17, 15) is 14.7 Å². The summed E-state index contributed by atoms with van der Waals surface area (Å²) >= 11 is 0. The molecule has 2 aromatic carbocycles. The minimum absolute atomic E-state index is 0.0391. The number of carboxylic acid groups (broad SMARTS) is 1. The Morgan fingerprint density at radius 3 is 2.42 bits per heavy atom. The second-order valence-electron chi connectivity index (χ2n) is 5.61. The van der Waals surface area contributed by atoms with Crippen molar-refractivity contribution in [1.29, 1.82) is 0 Å². The molecule has 1 heterocycles. The van der Waals surface area contributed by atoms with Crippen molar-refractivity contribution in [3.8, 4) is 5.75 Å². The van der Waals surface area contributed by atoms with Gasteiger partial charge in [0.25, 0.3) is 5.91 Å². The lowest BCUT2D eigenvalue weighted by molar-refractivity contribution is -0.255. The van der Waals surface area contributed by atoms with Crippen molar-refractivity contribution in [2.75, 3.05) is 5.32 Å².